The normalized spacial score (nSPS) is 10.4. The van der Waals surface area contributed by atoms with E-state index in [4.69, 9.17) is 5.11 Å². The molecule has 0 fully saturated rings. The minimum absolute atomic E-state index is 0.0420. The second-order valence-electron chi connectivity index (χ2n) is 3.03. The van der Waals surface area contributed by atoms with Gasteiger partial charge in [-0.3, -0.25) is 0 Å². The summed E-state index contributed by atoms with van der Waals surface area (Å²) in [7, 11) is 0. The number of benzene rings is 1. The van der Waals surface area contributed by atoms with Gasteiger partial charge in [-0.2, -0.15) is 0 Å². The molecule has 0 aliphatic carbocycles. The first kappa shape index (κ1) is 8.97. The van der Waals surface area contributed by atoms with Crippen molar-refractivity contribution in [3.05, 3.63) is 48.0 Å². The van der Waals surface area contributed by atoms with E-state index in [0.29, 0.717) is 0 Å². The van der Waals surface area contributed by atoms with Gasteiger partial charge in [-0.1, -0.05) is 12.1 Å². The number of hydrogen-bond donors (Lipinski definition) is 2. The van der Waals surface area contributed by atoms with Crippen LogP contribution in [-0.2, 0) is 6.61 Å². The molecular formula is C11H10FNO. The smallest absolute Gasteiger partial charge is 0.123 e. The van der Waals surface area contributed by atoms with Crippen LogP contribution in [-0.4, -0.2) is 10.1 Å². The monoisotopic (exact) mass is 191 g/mol. The van der Waals surface area contributed by atoms with Crippen LogP contribution >= 0.6 is 0 Å². The largest absolute Gasteiger partial charge is 0.390 e. The van der Waals surface area contributed by atoms with Crippen LogP contribution in [0.3, 0.4) is 0 Å². The number of halogens is 1. The molecule has 2 aromatic rings. The number of rotatable bonds is 2. The molecule has 2 rings (SSSR count). The Labute approximate surface area is 81.0 Å². The van der Waals surface area contributed by atoms with E-state index in [1.807, 2.05) is 6.07 Å². The second-order valence-corrected chi connectivity index (χ2v) is 3.03. The summed E-state index contributed by atoms with van der Waals surface area (Å²) in [6.45, 7) is -0.0420. The van der Waals surface area contributed by atoms with Gasteiger partial charge in [0.25, 0.3) is 0 Å². The Bertz CT molecular complexity index is 419. The highest BCUT2D eigenvalue weighted by Gasteiger charge is 2.04. The summed E-state index contributed by atoms with van der Waals surface area (Å²) < 4.78 is 12.7. The van der Waals surface area contributed by atoms with Crippen LogP contribution in [0.25, 0.3) is 11.1 Å². The van der Waals surface area contributed by atoms with Crippen LogP contribution in [0.5, 0.6) is 0 Å². The van der Waals surface area contributed by atoms with E-state index >= 15 is 0 Å². The molecule has 0 bridgehead atoms. The molecule has 72 valence electrons. The van der Waals surface area contributed by atoms with Crippen LogP contribution in [0.1, 0.15) is 5.69 Å². The van der Waals surface area contributed by atoms with Crippen LogP contribution in [0.4, 0.5) is 4.39 Å². The second kappa shape index (κ2) is 3.64. The van der Waals surface area contributed by atoms with E-state index in [9.17, 15) is 4.39 Å². The van der Waals surface area contributed by atoms with Gasteiger partial charge in [0.15, 0.2) is 0 Å². The van der Waals surface area contributed by atoms with Crippen molar-refractivity contribution >= 4 is 0 Å². The molecule has 0 saturated heterocycles. The maximum absolute atomic E-state index is 12.7. The van der Waals surface area contributed by atoms with Crippen molar-refractivity contribution in [3.8, 4) is 11.1 Å². The van der Waals surface area contributed by atoms with Crippen molar-refractivity contribution in [2.45, 2.75) is 6.61 Å². The number of nitrogens with one attached hydrogen (secondary N) is 1. The standard InChI is InChI=1S/C11H10FNO/c12-9-3-1-8(2-4-9)10-5-6-13-11(10)7-14/h1-6,13-14H,7H2. The van der Waals surface area contributed by atoms with Crippen molar-refractivity contribution in [3.63, 3.8) is 0 Å². The average Bonchev–Trinajstić information content (AvgIpc) is 2.67. The first-order valence-corrected chi connectivity index (χ1v) is 4.34. The molecule has 0 aliphatic rings. The molecule has 0 atom stereocenters. The Balaban J connectivity index is 2.44. The summed E-state index contributed by atoms with van der Waals surface area (Å²) in [5.74, 6) is -0.255. The number of aromatic amines is 1. The zero-order valence-electron chi connectivity index (χ0n) is 7.50. The maximum Gasteiger partial charge on any atom is 0.123 e. The van der Waals surface area contributed by atoms with Crippen molar-refractivity contribution in [1.82, 2.24) is 4.98 Å². The summed E-state index contributed by atoms with van der Waals surface area (Å²) >= 11 is 0. The molecule has 1 aromatic heterocycles. The highest BCUT2D eigenvalue weighted by Crippen LogP contribution is 2.22. The molecule has 0 saturated carbocycles. The van der Waals surface area contributed by atoms with Crippen molar-refractivity contribution < 1.29 is 9.50 Å². The fourth-order valence-corrected chi connectivity index (χ4v) is 1.43. The summed E-state index contributed by atoms with van der Waals surface area (Å²) in [6, 6.07) is 8.06. The van der Waals surface area contributed by atoms with Crippen LogP contribution in [0, 0.1) is 5.82 Å². The lowest BCUT2D eigenvalue weighted by molar-refractivity contribution is 0.278. The highest BCUT2D eigenvalue weighted by atomic mass is 19.1. The highest BCUT2D eigenvalue weighted by molar-refractivity contribution is 5.65. The third kappa shape index (κ3) is 1.54. The number of aromatic nitrogens is 1. The SMILES string of the molecule is OCc1[nH]ccc1-c1ccc(F)cc1. The lowest BCUT2D eigenvalue weighted by Gasteiger charge is -2.01. The van der Waals surface area contributed by atoms with Crippen molar-refractivity contribution in [2.24, 2.45) is 0 Å². The Morgan fingerprint density at radius 1 is 1.14 bits per heavy atom. The molecule has 2 nitrogen and oxygen atoms in total. The molecule has 14 heavy (non-hydrogen) atoms. The third-order valence-electron chi connectivity index (χ3n) is 2.15. The fraction of sp³-hybridized carbons (Fsp3) is 0.0909. The van der Waals surface area contributed by atoms with E-state index < -0.39 is 0 Å². The van der Waals surface area contributed by atoms with Crippen LogP contribution in [0.2, 0.25) is 0 Å². The van der Waals surface area contributed by atoms with E-state index in [1.54, 1.807) is 18.3 Å². The maximum atomic E-state index is 12.7. The zero-order valence-corrected chi connectivity index (χ0v) is 7.50. The predicted molar refractivity (Wildman–Crippen MR) is 52.1 cm³/mol. The van der Waals surface area contributed by atoms with E-state index in [2.05, 4.69) is 4.98 Å². The number of aliphatic hydroxyl groups is 1. The molecule has 0 amide bonds. The van der Waals surface area contributed by atoms with Gasteiger partial charge in [0, 0.05) is 17.5 Å². The molecular weight excluding hydrogens is 181 g/mol. The molecule has 2 N–H and O–H groups in total. The van der Waals surface area contributed by atoms with E-state index in [1.165, 1.54) is 12.1 Å². The minimum atomic E-state index is -0.255. The summed E-state index contributed by atoms with van der Waals surface area (Å²) in [5.41, 5.74) is 2.56. The topological polar surface area (TPSA) is 36.0 Å². The molecule has 0 radical (unpaired) electrons. The van der Waals surface area contributed by atoms with Crippen LogP contribution in [0.15, 0.2) is 36.5 Å². The van der Waals surface area contributed by atoms with Gasteiger partial charge < -0.3 is 10.1 Å². The van der Waals surface area contributed by atoms with E-state index in [-0.39, 0.29) is 12.4 Å². The van der Waals surface area contributed by atoms with Gasteiger partial charge in [0.2, 0.25) is 0 Å². The van der Waals surface area contributed by atoms with Gasteiger partial charge in [0.05, 0.1) is 6.61 Å². The lowest BCUT2D eigenvalue weighted by Crippen LogP contribution is -1.86. The fourth-order valence-electron chi connectivity index (χ4n) is 1.43. The quantitative estimate of drug-likeness (QED) is 0.750. The number of H-pyrrole nitrogens is 1. The summed E-state index contributed by atoms with van der Waals surface area (Å²) in [4.78, 5) is 2.92. The summed E-state index contributed by atoms with van der Waals surface area (Å²) in [6.07, 6.45) is 1.75. The molecule has 0 aliphatic heterocycles. The van der Waals surface area contributed by atoms with Crippen molar-refractivity contribution in [1.29, 1.82) is 0 Å². The van der Waals surface area contributed by atoms with Gasteiger partial charge in [-0.05, 0) is 23.8 Å². The van der Waals surface area contributed by atoms with Gasteiger partial charge >= 0.3 is 0 Å². The third-order valence-corrected chi connectivity index (χ3v) is 2.15. The average molecular weight is 191 g/mol. The van der Waals surface area contributed by atoms with Gasteiger partial charge in [-0.15, -0.1) is 0 Å². The lowest BCUT2D eigenvalue weighted by atomic mass is 10.1. The summed E-state index contributed by atoms with van der Waals surface area (Å²) in [5, 5.41) is 9.02. The van der Waals surface area contributed by atoms with Crippen LogP contribution < -0.4 is 0 Å². The Kier molecular flexibility index (Phi) is 2.33. The van der Waals surface area contributed by atoms with Gasteiger partial charge in [0.1, 0.15) is 5.82 Å². The number of aliphatic hydroxyl groups excluding tert-OH is 1. The number of hydrogen-bond acceptors (Lipinski definition) is 1. The molecule has 3 heteroatoms. The molecule has 1 aromatic carbocycles. The Morgan fingerprint density at radius 3 is 2.50 bits per heavy atom. The van der Waals surface area contributed by atoms with Crippen molar-refractivity contribution in [2.75, 3.05) is 0 Å². The predicted octanol–water partition coefficient (Wildman–Crippen LogP) is 2.31. The Morgan fingerprint density at radius 2 is 1.86 bits per heavy atom. The first-order valence-electron chi connectivity index (χ1n) is 4.34. The van der Waals surface area contributed by atoms with E-state index in [0.717, 1.165) is 16.8 Å². The zero-order chi connectivity index (χ0) is 9.97. The molecule has 1 heterocycles. The molecule has 0 unspecified atom stereocenters. The van der Waals surface area contributed by atoms with Gasteiger partial charge in [-0.25, -0.2) is 4.39 Å². The molecule has 0 spiro atoms. The minimum Gasteiger partial charge on any atom is -0.390 e. The first-order chi connectivity index (χ1) is 6.81. The Hall–Kier alpha value is -1.61.